The number of hydrogen-bond acceptors (Lipinski definition) is 3. The molecule has 0 bridgehead atoms. The first kappa shape index (κ1) is 11.5. The first-order chi connectivity index (χ1) is 10.6. The Kier molecular flexibility index (Phi) is 3.53. The topological polar surface area (TPSA) is 42.4 Å². The molecule has 0 aromatic carbocycles. The SMILES string of the molecule is [2H]c1nc(Br)c([2H])c(C2CCN(C(=O)OC(C)(C)C)CC2)c1[2H]. The molecule has 0 aliphatic carbocycles. The van der Waals surface area contributed by atoms with E-state index in [0.29, 0.717) is 36.1 Å². The Morgan fingerprint density at radius 2 is 2.15 bits per heavy atom. The lowest BCUT2D eigenvalue weighted by Gasteiger charge is -2.33. The molecule has 0 radical (unpaired) electrons. The molecule has 2 rings (SSSR count). The molecule has 0 spiro atoms. The van der Waals surface area contributed by atoms with Crippen LogP contribution in [0.4, 0.5) is 4.79 Å². The second kappa shape index (κ2) is 6.12. The number of carbonyl (C=O) groups excluding carboxylic acids is 1. The van der Waals surface area contributed by atoms with Gasteiger partial charge in [0.15, 0.2) is 0 Å². The molecule has 4 nitrogen and oxygen atoms in total. The number of rotatable bonds is 1. The summed E-state index contributed by atoms with van der Waals surface area (Å²) < 4.78 is 29.5. The quantitative estimate of drug-likeness (QED) is 0.724. The number of nitrogens with zero attached hydrogens (tertiary/aromatic N) is 2. The molecule has 1 aliphatic rings. The van der Waals surface area contributed by atoms with Gasteiger partial charge in [0.2, 0.25) is 0 Å². The molecule has 0 saturated carbocycles. The van der Waals surface area contributed by atoms with E-state index in [1.165, 1.54) is 0 Å². The summed E-state index contributed by atoms with van der Waals surface area (Å²) in [6.07, 6.45) is 0.836. The molecule has 2 heterocycles. The number of likely N-dealkylation sites (tertiary alicyclic amines) is 1. The van der Waals surface area contributed by atoms with E-state index in [0.717, 1.165) is 0 Å². The Balaban J connectivity index is 2.10. The number of amides is 1. The zero-order valence-corrected chi connectivity index (χ0v) is 13.6. The van der Waals surface area contributed by atoms with Gasteiger partial charge in [-0.1, -0.05) is 0 Å². The van der Waals surface area contributed by atoms with Crippen LogP contribution >= 0.6 is 15.9 Å². The van der Waals surface area contributed by atoms with Gasteiger partial charge in [0.1, 0.15) is 10.2 Å². The van der Waals surface area contributed by atoms with Crippen LogP contribution in [0.25, 0.3) is 0 Å². The summed E-state index contributed by atoms with van der Waals surface area (Å²) in [5, 5.41) is 0. The Labute approximate surface area is 132 Å². The zero-order chi connectivity index (χ0) is 17.4. The number of ether oxygens (including phenoxy) is 1. The van der Waals surface area contributed by atoms with Gasteiger partial charge in [-0.05, 0) is 73.1 Å². The van der Waals surface area contributed by atoms with E-state index < -0.39 is 5.60 Å². The van der Waals surface area contributed by atoms with E-state index in [-0.39, 0.29) is 30.3 Å². The molecule has 0 atom stereocenters. The van der Waals surface area contributed by atoms with E-state index in [2.05, 4.69) is 20.9 Å². The Morgan fingerprint density at radius 1 is 1.50 bits per heavy atom. The molecule has 0 N–H and O–H groups in total. The van der Waals surface area contributed by atoms with Crippen molar-refractivity contribution in [3.8, 4) is 0 Å². The van der Waals surface area contributed by atoms with E-state index in [1.807, 2.05) is 20.8 Å². The Bertz CT molecular complexity index is 585. The van der Waals surface area contributed by atoms with Crippen LogP contribution in [0.5, 0.6) is 0 Å². The fourth-order valence-electron chi connectivity index (χ4n) is 2.19. The van der Waals surface area contributed by atoms with Crippen LogP contribution in [-0.2, 0) is 4.74 Å². The zero-order valence-electron chi connectivity index (χ0n) is 15.0. The summed E-state index contributed by atoms with van der Waals surface area (Å²) in [6, 6.07) is 0.177. The lowest BCUT2D eigenvalue weighted by atomic mass is 9.90. The summed E-state index contributed by atoms with van der Waals surface area (Å²) in [6.45, 7) is 6.54. The van der Waals surface area contributed by atoms with Gasteiger partial charge in [-0.2, -0.15) is 0 Å². The number of halogens is 1. The smallest absolute Gasteiger partial charge is 0.410 e. The molecule has 0 unspecified atom stereocenters. The highest BCUT2D eigenvalue weighted by Crippen LogP contribution is 2.29. The highest BCUT2D eigenvalue weighted by atomic mass is 79.9. The highest BCUT2D eigenvalue weighted by Gasteiger charge is 2.27. The summed E-state index contributed by atoms with van der Waals surface area (Å²) in [4.78, 5) is 17.6. The fraction of sp³-hybridized carbons (Fsp3) is 0.600. The van der Waals surface area contributed by atoms with Crippen molar-refractivity contribution in [3.05, 3.63) is 28.4 Å². The minimum absolute atomic E-state index is 0.00826. The van der Waals surface area contributed by atoms with Crippen LogP contribution in [0.2, 0.25) is 0 Å². The van der Waals surface area contributed by atoms with Crippen molar-refractivity contribution in [2.75, 3.05) is 13.1 Å². The van der Waals surface area contributed by atoms with Crippen LogP contribution in [0, 0.1) is 0 Å². The van der Waals surface area contributed by atoms with Gasteiger partial charge in [0.25, 0.3) is 0 Å². The van der Waals surface area contributed by atoms with Crippen molar-refractivity contribution in [1.29, 1.82) is 0 Å². The maximum atomic E-state index is 12.1. The minimum atomic E-state index is -0.521. The molecule has 1 saturated heterocycles. The third-order valence-corrected chi connectivity index (χ3v) is 3.51. The standard InChI is InChI=1S/C15H21BrN2O2/c1-15(2,3)20-14(19)18-8-5-11(6-9-18)12-4-7-17-13(16)10-12/h4,7,10-11H,5-6,8-9H2,1-3H3/i4D,7D,10D. The third kappa shape index (κ3) is 4.20. The van der Waals surface area contributed by atoms with Crippen molar-refractivity contribution in [2.24, 2.45) is 0 Å². The maximum Gasteiger partial charge on any atom is 0.410 e. The molecule has 1 amide bonds. The monoisotopic (exact) mass is 343 g/mol. The van der Waals surface area contributed by atoms with Gasteiger partial charge in [0, 0.05) is 19.3 Å². The highest BCUT2D eigenvalue weighted by molar-refractivity contribution is 9.10. The van der Waals surface area contributed by atoms with Crippen LogP contribution < -0.4 is 0 Å². The largest absolute Gasteiger partial charge is 0.444 e. The van der Waals surface area contributed by atoms with E-state index in [9.17, 15) is 4.79 Å². The van der Waals surface area contributed by atoms with Crippen molar-refractivity contribution >= 4 is 22.0 Å². The second-order valence-corrected chi connectivity index (χ2v) is 6.67. The Hall–Kier alpha value is -1.10. The molecule has 1 aromatic heterocycles. The lowest BCUT2D eigenvalue weighted by Crippen LogP contribution is -2.41. The minimum Gasteiger partial charge on any atom is -0.444 e. The van der Waals surface area contributed by atoms with Crippen molar-refractivity contribution in [2.45, 2.75) is 45.1 Å². The van der Waals surface area contributed by atoms with E-state index in [1.54, 1.807) is 4.90 Å². The molecule has 5 heteroatoms. The van der Waals surface area contributed by atoms with Gasteiger partial charge >= 0.3 is 6.09 Å². The molecular formula is C15H21BrN2O2. The second-order valence-electron chi connectivity index (χ2n) is 5.92. The molecule has 1 aromatic rings. The van der Waals surface area contributed by atoms with Gasteiger partial charge < -0.3 is 9.64 Å². The van der Waals surface area contributed by atoms with E-state index >= 15 is 0 Å². The lowest BCUT2D eigenvalue weighted by molar-refractivity contribution is 0.0205. The molecule has 1 aliphatic heterocycles. The first-order valence-electron chi connectivity index (χ1n) is 8.21. The van der Waals surface area contributed by atoms with Gasteiger partial charge in [-0.3, -0.25) is 0 Å². The van der Waals surface area contributed by atoms with Crippen molar-refractivity contribution in [3.63, 3.8) is 0 Å². The number of pyridine rings is 1. The molecule has 1 fully saturated rings. The predicted octanol–water partition coefficient (Wildman–Crippen LogP) is 3.96. The van der Waals surface area contributed by atoms with Crippen molar-refractivity contribution < 1.29 is 13.6 Å². The predicted molar refractivity (Wildman–Crippen MR) is 81.7 cm³/mol. The molecular weight excluding hydrogens is 320 g/mol. The van der Waals surface area contributed by atoms with Crippen LogP contribution in [-0.4, -0.2) is 34.7 Å². The summed E-state index contributed by atoms with van der Waals surface area (Å²) in [5.74, 6) is -0.0166. The van der Waals surface area contributed by atoms with Gasteiger partial charge in [-0.25, -0.2) is 9.78 Å². The summed E-state index contributed by atoms with van der Waals surface area (Å²) in [7, 11) is 0. The number of piperidine rings is 1. The van der Waals surface area contributed by atoms with E-state index in [4.69, 9.17) is 8.85 Å². The fourth-order valence-corrected chi connectivity index (χ4v) is 2.49. The van der Waals surface area contributed by atoms with Gasteiger partial charge in [-0.15, -0.1) is 0 Å². The van der Waals surface area contributed by atoms with Crippen LogP contribution in [0.3, 0.4) is 0 Å². The summed E-state index contributed by atoms with van der Waals surface area (Å²) >= 11 is 3.18. The number of aromatic nitrogens is 1. The number of carbonyl (C=O) groups is 1. The van der Waals surface area contributed by atoms with Crippen LogP contribution in [0.1, 0.15) is 49.2 Å². The normalized spacial score (nSPS) is 19.2. The first-order valence-corrected chi connectivity index (χ1v) is 7.50. The average Bonchev–Trinajstić information content (AvgIpc) is 2.44. The molecule has 20 heavy (non-hydrogen) atoms. The number of hydrogen-bond donors (Lipinski definition) is 0. The average molecular weight is 344 g/mol. The molecule has 110 valence electrons. The van der Waals surface area contributed by atoms with Crippen molar-refractivity contribution in [1.82, 2.24) is 9.88 Å². The van der Waals surface area contributed by atoms with Crippen LogP contribution in [0.15, 0.2) is 22.9 Å². The van der Waals surface area contributed by atoms with Gasteiger partial charge in [0.05, 0.1) is 4.11 Å². The third-order valence-electron chi connectivity index (χ3n) is 3.14. The summed E-state index contributed by atoms with van der Waals surface area (Å²) in [5.41, 5.74) is 0.0212. The Morgan fingerprint density at radius 3 is 2.75 bits per heavy atom. The maximum absolute atomic E-state index is 12.1.